The van der Waals surface area contributed by atoms with Crippen LogP contribution in [-0.2, 0) is 9.59 Å². The lowest BCUT2D eigenvalue weighted by Gasteiger charge is -2.04. The Morgan fingerprint density at radius 1 is 1.05 bits per heavy atom. The fraction of sp³-hybridized carbons (Fsp3) is 0.600. The molecule has 0 aromatic heterocycles. The van der Waals surface area contributed by atoms with E-state index in [-0.39, 0.29) is 11.8 Å². The standard InChI is InChI=1S/C15H26N2O3/c1-3-4-7-10-13(2)16-14(18)11-8-5-6-9-12-15(19)17-20/h4,7,10,20H,3,5-6,8-9,11-12H2,1-2H3,(H,16,18)(H,17,19)/b7-4-,13-10+. The number of carbonyl (C=O) groups is 2. The molecule has 0 saturated heterocycles. The molecule has 0 aliphatic heterocycles. The van der Waals surface area contributed by atoms with Crippen LogP contribution in [0.25, 0.3) is 0 Å². The third-order valence-corrected chi connectivity index (χ3v) is 2.74. The Kier molecular flexibility index (Phi) is 11.4. The van der Waals surface area contributed by atoms with E-state index in [1.807, 2.05) is 25.2 Å². The van der Waals surface area contributed by atoms with Crippen molar-refractivity contribution in [3.8, 4) is 0 Å². The lowest BCUT2D eigenvalue weighted by Crippen LogP contribution is -2.20. The number of nitrogens with one attached hydrogen (secondary N) is 2. The highest BCUT2D eigenvalue weighted by Crippen LogP contribution is 2.05. The van der Waals surface area contributed by atoms with Gasteiger partial charge in [-0.1, -0.05) is 31.9 Å². The Morgan fingerprint density at radius 3 is 2.20 bits per heavy atom. The van der Waals surface area contributed by atoms with Crippen LogP contribution in [0.3, 0.4) is 0 Å². The summed E-state index contributed by atoms with van der Waals surface area (Å²) >= 11 is 0. The second-order valence-electron chi connectivity index (χ2n) is 4.68. The van der Waals surface area contributed by atoms with Crippen molar-refractivity contribution < 1.29 is 14.8 Å². The third kappa shape index (κ3) is 11.5. The van der Waals surface area contributed by atoms with E-state index in [2.05, 4.69) is 12.2 Å². The quantitative estimate of drug-likeness (QED) is 0.249. The number of allylic oxidation sites excluding steroid dienone is 4. The van der Waals surface area contributed by atoms with E-state index < -0.39 is 0 Å². The highest BCUT2D eigenvalue weighted by atomic mass is 16.5. The number of rotatable bonds is 10. The van der Waals surface area contributed by atoms with Crippen LogP contribution in [-0.4, -0.2) is 17.0 Å². The average Bonchev–Trinajstić information content (AvgIpc) is 2.42. The summed E-state index contributed by atoms with van der Waals surface area (Å²) in [6.07, 6.45) is 11.0. The summed E-state index contributed by atoms with van der Waals surface area (Å²) in [5.74, 6) is -0.333. The molecule has 0 saturated carbocycles. The van der Waals surface area contributed by atoms with Crippen LogP contribution >= 0.6 is 0 Å². The Balaban J connectivity index is 3.61. The van der Waals surface area contributed by atoms with Gasteiger partial charge in [0.15, 0.2) is 0 Å². The molecule has 0 spiro atoms. The van der Waals surface area contributed by atoms with Gasteiger partial charge in [-0.2, -0.15) is 0 Å². The van der Waals surface area contributed by atoms with Crippen molar-refractivity contribution in [2.45, 2.75) is 58.8 Å². The molecule has 0 fully saturated rings. The number of hydrogen-bond donors (Lipinski definition) is 3. The van der Waals surface area contributed by atoms with E-state index in [0.717, 1.165) is 37.8 Å². The van der Waals surface area contributed by atoms with Gasteiger partial charge >= 0.3 is 0 Å². The third-order valence-electron chi connectivity index (χ3n) is 2.74. The predicted molar refractivity (Wildman–Crippen MR) is 79.0 cm³/mol. The highest BCUT2D eigenvalue weighted by molar-refractivity contribution is 5.77. The summed E-state index contributed by atoms with van der Waals surface area (Å²) in [5, 5.41) is 11.1. The molecule has 20 heavy (non-hydrogen) atoms. The topological polar surface area (TPSA) is 78.4 Å². The molecule has 0 aliphatic carbocycles. The average molecular weight is 282 g/mol. The van der Waals surface area contributed by atoms with Crippen molar-refractivity contribution in [2.24, 2.45) is 0 Å². The van der Waals surface area contributed by atoms with E-state index in [9.17, 15) is 9.59 Å². The molecule has 0 heterocycles. The maximum atomic E-state index is 11.6. The first-order valence-corrected chi connectivity index (χ1v) is 7.16. The molecular formula is C15H26N2O3. The first-order valence-electron chi connectivity index (χ1n) is 7.16. The van der Waals surface area contributed by atoms with E-state index in [4.69, 9.17) is 5.21 Å². The van der Waals surface area contributed by atoms with Gasteiger partial charge in [-0.15, -0.1) is 0 Å². The van der Waals surface area contributed by atoms with E-state index in [0.29, 0.717) is 12.8 Å². The van der Waals surface area contributed by atoms with Crippen LogP contribution in [0.15, 0.2) is 23.9 Å². The predicted octanol–water partition coefficient (Wildman–Crippen LogP) is 2.82. The zero-order chi connectivity index (χ0) is 15.2. The van der Waals surface area contributed by atoms with Crippen molar-refractivity contribution in [1.82, 2.24) is 10.8 Å². The van der Waals surface area contributed by atoms with E-state index >= 15 is 0 Å². The molecule has 0 unspecified atom stereocenters. The van der Waals surface area contributed by atoms with Crippen LogP contribution in [0.5, 0.6) is 0 Å². The van der Waals surface area contributed by atoms with Gasteiger partial charge in [0.1, 0.15) is 0 Å². The molecule has 5 nitrogen and oxygen atoms in total. The molecule has 3 N–H and O–H groups in total. The molecule has 5 heteroatoms. The fourth-order valence-corrected chi connectivity index (χ4v) is 1.65. The van der Waals surface area contributed by atoms with Crippen molar-refractivity contribution in [3.63, 3.8) is 0 Å². The minimum Gasteiger partial charge on any atom is -0.330 e. The first-order chi connectivity index (χ1) is 9.60. The summed E-state index contributed by atoms with van der Waals surface area (Å²) in [7, 11) is 0. The van der Waals surface area contributed by atoms with Gasteiger partial charge in [0, 0.05) is 18.5 Å². The van der Waals surface area contributed by atoms with Crippen LogP contribution in [0.1, 0.15) is 58.8 Å². The molecule has 114 valence electrons. The second kappa shape index (κ2) is 12.4. The Bertz CT molecular complexity index is 349. The van der Waals surface area contributed by atoms with Crippen LogP contribution in [0, 0.1) is 0 Å². The Morgan fingerprint density at radius 2 is 1.65 bits per heavy atom. The largest absolute Gasteiger partial charge is 0.330 e. The lowest BCUT2D eigenvalue weighted by molar-refractivity contribution is -0.129. The number of hydroxylamine groups is 1. The van der Waals surface area contributed by atoms with Gasteiger partial charge in [-0.25, -0.2) is 5.48 Å². The molecule has 0 aromatic rings. The van der Waals surface area contributed by atoms with Crippen molar-refractivity contribution >= 4 is 11.8 Å². The molecule has 0 atom stereocenters. The highest BCUT2D eigenvalue weighted by Gasteiger charge is 2.02. The smallest absolute Gasteiger partial charge is 0.243 e. The number of hydrogen-bond acceptors (Lipinski definition) is 3. The number of amides is 2. The zero-order valence-corrected chi connectivity index (χ0v) is 12.4. The van der Waals surface area contributed by atoms with Crippen molar-refractivity contribution in [2.75, 3.05) is 0 Å². The number of unbranched alkanes of at least 4 members (excludes halogenated alkanes) is 3. The minimum atomic E-state index is -0.358. The maximum Gasteiger partial charge on any atom is 0.243 e. The van der Waals surface area contributed by atoms with Gasteiger partial charge in [-0.3, -0.25) is 14.8 Å². The Hall–Kier alpha value is -1.62. The molecule has 0 bridgehead atoms. The molecule has 0 aromatic carbocycles. The van der Waals surface area contributed by atoms with Gasteiger partial charge in [0.05, 0.1) is 0 Å². The second-order valence-corrected chi connectivity index (χ2v) is 4.68. The summed E-state index contributed by atoms with van der Waals surface area (Å²) in [6.45, 7) is 3.92. The molecular weight excluding hydrogens is 256 g/mol. The number of carbonyl (C=O) groups excluding carboxylic acids is 2. The summed E-state index contributed by atoms with van der Waals surface area (Å²) in [5.41, 5.74) is 2.45. The first kappa shape index (κ1) is 18.4. The normalized spacial score (nSPS) is 11.7. The van der Waals surface area contributed by atoms with Crippen LogP contribution in [0.2, 0.25) is 0 Å². The minimum absolute atomic E-state index is 0.0248. The van der Waals surface area contributed by atoms with Gasteiger partial charge in [-0.05, 0) is 32.3 Å². The van der Waals surface area contributed by atoms with Gasteiger partial charge in [0.2, 0.25) is 11.8 Å². The molecule has 2 amide bonds. The Labute approximate surface area is 121 Å². The van der Waals surface area contributed by atoms with E-state index in [1.165, 1.54) is 0 Å². The summed E-state index contributed by atoms with van der Waals surface area (Å²) < 4.78 is 0. The van der Waals surface area contributed by atoms with Crippen molar-refractivity contribution in [1.29, 1.82) is 0 Å². The van der Waals surface area contributed by atoms with E-state index in [1.54, 1.807) is 5.48 Å². The van der Waals surface area contributed by atoms with Crippen LogP contribution < -0.4 is 10.8 Å². The lowest BCUT2D eigenvalue weighted by atomic mass is 10.1. The SMILES string of the molecule is CC/C=C\C=C(/C)NC(=O)CCCCCCC(=O)NO. The monoisotopic (exact) mass is 282 g/mol. The molecule has 0 rings (SSSR count). The summed E-state index contributed by atoms with van der Waals surface area (Å²) in [4.78, 5) is 22.3. The molecule has 0 aliphatic rings. The summed E-state index contributed by atoms with van der Waals surface area (Å²) in [6, 6.07) is 0. The fourth-order valence-electron chi connectivity index (χ4n) is 1.65. The van der Waals surface area contributed by atoms with Gasteiger partial charge < -0.3 is 5.32 Å². The van der Waals surface area contributed by atoms with Crippen LogP contribution in [0.4, 0.5) is 0 Å². The molecule has 0 radical (unpaired) electrons. The zero-order valence-electron chi connectivity index (χ0n) is 12.4. The maximum absolute atomic E-state index is 11.6. The van der Waals surface area contributed by atoms with Crippen molar-refractivity contribution in [3.05, 3.63) is 23.9 Å². The van der Waals surface area contributed by atoms with Gasteiger partial charge in [0.25, 0.3) is 0 Å².